The molecule has 40 nitrogen and oxygen atoms in total. The molecule has 0 radical (unpaired) electrons. The van der Waals surface area contributed by atoms with Crippen molar-refractivity contribution in [1.29, 1.82) is 0 Å². The molecule has 15 heterocycles. The lowest BCUT2D eigenvalue weighted by molar-refractivity contribution is -0.258. The van der Waals surface area contributed by atoms with Gasteiger partial charge in [-0.15, -0.1) is 56.7 Å². The number of hydrogen-bond acceptors (Lipinski definition) is 30. The molecular formula is C77H94F3N25O15S5. The lowest BCUT2D eigenvalue weighted by Gasteiger charge is -2.23. The molecular weight excluding hydrogens is 1730 g/mol. The van der Waals surface area contributed by atoms with Crippen LogP contribution in [0.5, 0.6) is 0 Å². The van der Waals surface area contributed by atoms with E-state index in [4.69, 9.17) is 0 Å². The van der Waals surface area contributed by atoms with E-state index < -0.39 is 78.6 Å². The smallest absolute Gasteiger partial charge is 0.383 e. The second-order valence-corrected chi connectivity index (χ2v) is 38.2. The number of rotatable bonds is 18. The molecule has 15 aromatic heterocycles. The van der Waals surface area contributed by atoms with Crippen molar-refractivity contribution in [3.63, 3.8) is 0 Å². The second kappa shape index (κ2) is 34.1. The highest BCUT2D eigenvalue weighted by Gasteiger charge is 2.53. The summed E-state index contributed by atoms with van der Waals surface area (Å²) in [5.41, 5.74) is -5.61. The average Bonchev–Trinajstić information content (AvgIpc) is 1.68. The highest BCUT2D eigenvalue weighted by Crippen LogP contribution is 2.41. The fraction of sp³-hybridized carbons (Fsp3) is 0.481. The molecule has 0 aromatic carbocycles. The standard InChI is InChI=1S/C18H23N5O3S.C16H21N5O3S.C15H19N5O3S.C14H14F3N5O3S.C14H17N5O3S/c1-10-12(20-16(27-10)18(2,3)26)8-23-15(24)13-14(21(4)17(23)25)19-9-22(13)7-11-5-6-11;1-9-10(25-14(18-9)16(2,3)24)6-7-21-13(22)11-12(17-8-19(11)4)20(5)15(21)23;1-8-9(17-13(24-8)15(2,3)23)6-20-12(21)10-11(16-7-18(10)4)19(5)14(20)22;1-13(25,14(15,16)17)11-18-4-7(26-11)5-22-10(23)8-9(19-6-20(8)2)21(3)12(22)24;1-14(2,22)12-16-8(6-23-12)5-19-11(20)9-10(15-7-17(9)3)18(4)13(19)21/h9,11,26H,5-8H2,1-4H3;8,24H,6-7H2,1-5H3;7,23H,6H2,1-5H3;4,6,25H,5H2,1-3H3;6-7,22H,5H2,1-4H3. The van der Waals surface area contributed by atoms with Gasteiger partial charge in [-0.2, -0.15) is 13.2 Å². The van der Waals surface area contributed by atoms with Gasteiger partial charge in [-0.1, -0.05) is 0 Å². The molecule has 125 heavy (non-hydrogen) atoms. The van der Waals surface area contributed by atoms with E-state index in [0.29, 0.717) is 112 Å². The SMILES string of the molecule is Cc1nc(C(C)(C)O)sc1CCn1c(=O)c2c(ncn2C)n(C)c1=O.Cc1sc(C(C)(C)O)nc1Cn1c(=O)c2c(ncn2C)n(C)c1=O.Cc1sc(C(C)(C)O)nc1Cn1c(=O)c2c(ncn2CC2CC2)n(C)c1=O.Cn1cnc2c1c(=O)n(Cc1cnc(C(C)(O)C(F)(F)F)s1)c(=O)n2C.Cn1cnc2c1c(=O)n(Cc1csc(C(C)(C)O)n1)c(=O)n2C. The van der Waals surface area contributed by atoms with Gasteiger partial charge in [0.25, 0.3) is 27.8 Å². The van der Waals surface area contributed by atoms with Crippen molar-refractivity contribution < 1.29 is 38.7 Å². The van der Waals surface area contributed by atoms with E-state index in [2.05, 4.69) is 49.8 Å². The molecule has 668 valence electrons. The molecule has 1 fully saturated rings. The Kier molecular flexibility index (Phi) is 25.3. The Morgan fingerprint density at radius 3 is 1.10 bits per heavy atom. The van der Waals surface area contributed by atoms with E-state index in [9.17, 15) is 86.6 Å². The molecule has 1 atom stereocenters. The van der Waals surface area contributed by atoms with Gasteiger partial charge < -0.3 is 48.4 Å². The summed E-state index contributed by atoms with van der Waals surface area (Å²) in [6, 6.07) is 0. The number of aromatic nitrogens is 25. The third-order valence-electron chi connectivity index (χ3n) is 20.7. The third-order valence-corrected chi connectivity index (χ3v) is 27.3. The quantitative estimate of drug-likeness (QED) is 0.0822. The molecule has 0 spiro atoms. The van der Waals surface area contributed by atoms with Crippen molar-refractivity contribution in [3.05, 3.63) is 215 Å². The van der Waals surface area contributed by atoms with Gasteiger partial charge in [-0.25, -0.2) is 73.8 Å². The van der Waals surface area contributed by atoms with Crippen molar-refractivity contribution >= 4 is 113 Å². The van der Waals surface area contributed by atoms with Crippen LogP contribution in [0.15, 0.2) is 91.2 Å². The summed E-state index contributed by atoms with van der Waals surface area (Å²) in [5.74, 6) is 0.586. The highest BCUT2D eigenvalue weighted by molar-refractivity contribution is 7.12. The minimum Gasteiger partial charge on any atom is -0.383 e. The lowest BCUT2D eigenvalue weighted by Crippen LogP contribution is -2.40. The summed E-state index contributed by atoms with van der Waals surface area (Å²) in [4.78, 5) is 171. The zero-order chi connectivity index (χ0) is 92.2. The number of fused-ring (bicyclic) bond motifs is 5. The molecule has 15 aromatic rings. The number of halogens is 3. The van der Waals surface area contributed by atoms with Gasteiger partial charge in [0.15, 0.2) is 55.8 Å². The van der Waals surface area contributed by atoms with E-state index >= 15 is 0 Å². The number of alkyl halides is 3. The van der Waals surface area contributed by atoms with Gasteiger partial charge in [-0.05, 0) is 102 Å². The predicted molar refractivity (Wildman–Crippen MR) is 464 cm³/mol. The minimum atomic E-state index is -4.90. The largest absolute Gasteiger partial charge is 0.423 e. The van der Waals surface area contributed by atoms with Crippen LogP contribution in [0, 0.1) is 26.7 Å². The Balaban J connectivity index is 0.000000142. The number of aliphatic hydroxyl groups is 5. The van der Waals surface area contributed by atoms with Crippen LogP contribution >= 0.6 is 56.7 Å². The van der Waals surface area contributed by atoms with E-state index in [1.807, 2.05) is 25.3 Å². The number of aryl methyl sites for hydroxylation is 13. The topological polar surface area (TPSA) is 475 Å². The van der Waals surface area contributed by atoms with Crippen LogP contribution in [0.25, 0.3) is 55.8 Å². The summed E-state index contributed by atoms with van der Waals surface area (Å²) in [7, 11) is 14.6. The van der Waals surface area contributed by atoms with E-state index in [1.165, 1.54) is 114 Å². The maximum Gasteiger partial charge on any atom is 0.423 e. The summed E-state index contributed by atoms with van der Waals surface area (Å²) in [5, 5.41) is 53.5. The van der Waals surface area contributed by atoms with Crippen LogP contribution in [0.1, 0.15) is 142 Å². The Hall–Kier alpha value is -11.5. The van der Waals surface area contributed by atoms with Gasteiger partial charge in [0, 0.05) is 114 Å². The van der Waals surface area contributed by atoms with Crippen molar-refractivity contribution in [1.82, 2.24) is 118 Å². The Morgan fingerprint density at radius 2 is 0.744 bits per heavy atom. The third kappa shape index (κ3) is 18.2. The van der Waals surface area contributed by atoms with Crippen molar-refractivity contribution in [2.24, 2.45) is 69.3 Å². The monoisotopic (exact) mass is 1830 g/mol. The fourth-order valence-electron chi connectivity index (χ4n) is 13.2. The van der Waals surface area contributed by atoms with Crippen LogP contribution < -0.4 is 56.2 Å². The van der Waals surface area contributed by atoms with Gasteiger partial charge in [0.1, 0.15) is 47.4 Å². The lowest BCUT2D eigenvalue weighted by atomic mass is 10.1. The average molecular weight is 1830 g/mol. The van der Waals surface area contributed by atoms with Crippen LogP contribution in [0.2, 0.25) is 0 Å². The molecule has 48 heteroatoms. The van der Waals surface area contributed by atoms with Crippen LogP contribution in [-0.2, 0) is 137 Å². The normalized spacial score (nSPS) is 13.4. The first-order valence-electron chi connectivity index (χ1n) is 38.6. The summed E-state index contributed by atoms with van der Waals surface area (Å²) in [6.07, 6.45) is 6.62. The van der Waals surface area contributed by atoms with E-state index in [-0.39, 0.29) is 65.6 Å². The van der Waals surface area contributed by atoms with E-state index in [1.54, 1.807) is 137 Å². The van der Waals surface area contributed by atoms with Crippen LogP contribution in [0.3, 0.4) is 0 Å². The molecule has 16 rings (SSSR count). The molecule has 0 bridgehead atoms. The molecule has 0 saturated heterocycles. The second-order valence-electron chi connectivity index (χ2n) is 32.8. The Morgan fingerprint density at radius 1 is 0.400 bits per heavy atom. The number of imidazole rings is 5. The molecule has 0 aliphatic heterocycles. The maximum atomic E-state index is 13.1. The van der Waals surface area contributed by atoms with Crippen molar-refractivity contribution in [3.8, 4) is 0 Å². The summed E-state index contributed by atoms with van der Waals surface area (Å²) in [6.45, 7) is 20.4. The fourth-order valence-corrected chi connectivity index (χ4v) is 17.9. The molecule has 1 saturated carbocycles. The number of thiazole rings is 5. The van der Waals surface area contributed by atoms with Gasteiger partial charge in [0.2, 0.25) is 5.60 Å². The van der Waals surface area contributed by atoms with Crippen molar-refractivity contribution in [2.45, 2.75) is 176 Å². The molecule has 1 unspecified atom stereocenters. The number of hydrogen-bond donors (Lipinski definition) is 5. The molecule has 5 N–H and O–H groups in total. The Labute approximate surface area is 725 Å². The Bertz CT molecular complexity index is 7380. The molecule has 0 amide bonds. The first-order chi connectivity index (χ1) is 58.0. The minimum absolute atomic E-state index is 0.0548. The number of nitrogens with zero attached hydrogens (tertiary/aromatic N) is 25. The zero-order valence-electron chi connectivity index (χ0n) is 72.2. The predicted octanol–water partition coefficient (Wildman–Crippen LogP) is 3.36. The first-order valence-corrected chi connectivity index (χ1v) is 42.7. The zero-order valence-corrected chi connectivity index (χ0v) is 76.2. The summed E-state index contributed by atoms with van der Waals surface area (Å²) < 4.78 is 59.2. The van der Waals surface area contributed by atoms with Gasteiger partial charge in [-0.3, -0.25) is 69.6 Å². The summed E-state index contributed by atoms with van der Waals surface area (Å²) >= 11 is 6.03. The van der Waals surface area contributed by atoms with Crippen LogP contribution in [-0.4, -0.2) is 150 Å². The molecule has 1 aliphatic rings. The van der Waals surface area contributed by atoms with Crippen LogP contribution in [0.4, 0.5) is 13.2 Å². The first kappa shape index (κ1) is 92.7. The van der Waals surface area contributed by atoms with Gasteiger partial charge >= 0.3 is 34.6 Å². The van der Waals surface area contributed by atoms with E-state index in [0.717, 1.165) is 59.6 Å². The highest BCUT2D eigenvalue weighted by atomic mass is 32.1. The van der Waals surface area contributed by atoms with Crippen molar-refractivity contribution in [2.75, 3.05) is 0 Å². The molecule has 1 aliphatic carbocycles. The maximum absolute atomic E-state index is 13.1. The van der Waals surface area contributed by atoms with Gasteiger partial charge in [0.05, 0.1) is 80.6 Å².